The molecule has 0 bridgehead atoms. The van der Waals surface area contributed by atoms with E-state index in [4.69, 9.17) is 0 Å². The largest absolute Gasteiger partial charge is 0.352 e. The molecular weight excluding hydrogens is 300 g/mol. The van der Waals surface area contributed by atoms with E-state index in [9.17, 15) is 4.79 Å². The minimum atomic E-state index is -0.0801. The summed E-state index contributed by atoms with van der Waals surface area (Å²) in [5, 5.41) is 3.21. The van der Waals surface area contributed by atoms with Gasteiger partial charge in [0, 0.05) is 24.8 Å². The van der Waals surface area contributed by atoms with Crippen molar-refractivity contribution in [1.29, 1.82) is 0 Å². The Kier molecular flexibility index (Phi) is 6.29. The average Bonchev–Trinajstić information content (AvgIpc) is 2.60. The number of nitrogens with one attached hydrogen (secondary N) is 1. The van der Waals surface area contributed by atoms with Crippen LogP contribution in [-0.2, 0) is 6.54 Å². The first kappa shape index (κ1) is 17.9. The molecule has 24 heavy (non-hydrogen) atoms. The summed E-state index contributed by atoms with van der Waals surface area (Å²) in [6.45, 7) is 8.75. The Labute approximate surface area is 144 Å². The van der Waals surface area contributed by atoms with Crippen LogP contribution in [-0.4, -0.2) is 32.9 Å². The fraction of sp³-hybridized carbons (Fsp3) is 0.421. The number of amides is 1. The maximum absolute atomic E-state index is 12.9. The number of nitrogens with zero attached hydrogens (tertiary/aromatic N) is 3. The van der Waals surface area contributed by atoms with Crippen LogP contribution >= 0.6 is 0 Å². The van der Waals surface area contributed by atoms with Crippen molar-refractivity contribution >= 4 is 11.9 Å². The topological polar surface area (TPSA) is 58.1 Å². The maximum atomic E-state index is 12.9. The van der Waals surface area contributed by atoms with Crippen LogP contribution in [0.25, 0.3) is 0 Å². The molecule has 0 fully saturated rings. The molecule has 1 aromatic carbocycles. The van der Waals surface area contributed by atoms with Gasteiger partial charge in [-0.2, -0.15) is 0 Å². The van der Waals surface area contributed by atoms with E-state index < -0.39 is 0 Å². The summed E-state index contributed by atoms with van der Waals surface area (Å²) in [6.07, 6.45) is 2.60. The van der Waals surface area contributed by atoms with Gasteiger partial charge in [-0.15, -0.1) is 0 Å². The van der Waals surface area contributed by atoms with E-state index in [1.165, 1.54) is 0 Å². The number of rotatable bonds is 7. The van der Waals surface area contributed by atoms with Gasteiger partial charge in [-0.05, 0) is 38.8 Å². The molecule has 5 heteroatoms. The summed E-state index contributed by atoms with van der Waals surface area (Å²) >= 11 is 0. The van der Waals surface area contributed by atoms with Crippen molar-refractivity contribution in [3.8, 4) is 0 Å². The highest BCUT2D eigenvalue weighted by Gasteiger charge is 2.21. The van der Waals surface area contributed by atoms with E-state index in [1.54, 1.807) is 12.3 Å². The molecule has 1 heterocycles. The molecule has 0 saturated heterocycles. The summed E-state index contributed by atoms with van der Waals surface area (Å²) in [6, 6.07) is 12.0. The normalized spacial score (nSPS) is 12.0. The molecule has 1 aromatic heterocycles. The van der Waals surface area contributed by atoms with Gasteiger partial charge < -0.3 is 10.2 Å². The van der Waals surface area contributed by atoms with Crippen LogP contribution in [0.5, 0.6) is 0 Å². The lowest BCUT2D eigenvalue weighted by Crippen LogP contribution is -2.37. The van der Waals surface area contributed by atoms with Gasteiger partial charge >= 0.3 is 0 Å². The third kappa shape index (κ3) is 4.78. The SMILES string of the molecule is CCC(C)Nc1nccc(C(=O)N(Cc2ccccc2)C(C)C)n1. The molecule has 0 aliphatic heterocycles. The highest BCUT2D eigenvalue weighted by atomic mass is 16.2. The van der Waals surface area contributed by atoms with Crippen molar-refractivity contribution < 1.29 is 4.79 Å². The predicted molar refractivity (Wildman–Crippen MR) is 96.9 cm³/mol. The van der Waals surface area contributed by atoms with Crippen molar-refractivity contribution in [3.63, 3.8) is 0 Å². The Bertz CT molecular complexity index is 657. The first-order valence-corrected chi connectivity index (χ1v) is 8.45. The molecule has 0 saturated carbocycles. The van der Waals surface area contributed by atoms with Gasteiger partial charge in [0.1, 0.15) is 5.69 Å². The molecular formula is C19H26N4O. The number of aromatic nitrogens is 2. The molecule has 0 aliphatic rings. The Morgan fingerprint density at radius 1 is 1.17 bits per heavy atom. The summed E-state index contributed by atoms with van der Waals surface area (Å²) in [4.78, 5) is 23.3. The second-order valence-corrected chi connectivity index (χ2v) is 6.23. The lowest BCUT2D eigenvalue weighted by atomic mass is 10.1. The van der Waals surface area contributed by atoms with Gasteiger partial charge in [0.05, 0.1) is 0 Å². The van der Waals surface area contributed by atoms with Gasteiger partial charge in [-0.1, -0.05) is 37.3 Å². The zero-order chi connectivity index (χ0) is 17.5. The van der Waals surface area contributed by atoms with Crippen molar-refractivity contribution in [2.24, 2.45) is 0 Å². The van der Waals surface area contributed by atoms with Crippen molar-refractivity contribution in [2.75, 3.05) is 5.32 Å². The zero-order valence-corrected chi connectivity index (χ0v) is 14.9. The van der Waals surface area contributed by atoms with Crippen molar-refractivity contribution in [3.05, 3.63) is 53.9 Å². The van der Waals surface area contributed by atoms with Crippen LogP contribution in [0, 0.1) is 0 Å². The van der Waals surface area contributed by atoms with E-state index in [2.05, 4.69) is 29.1 Å². The second-order valence-electron chi connectivity index (χ2n) is 6.23. The zero-order valence-electron chi connectivity index (χ0n) is 14.9. The smallest absolute Gasteiger partial charge is 0.273 e. The summed E-state index contributed by atoms with van der Waals surface area (Å²) in [7, 11) is 0. The van der Waals surface area contributed by atoms with Crippen LogP contribution in [0.3, 0.4) is 0 Å². The molecule has 1 unspecified atom stereocenters. The predicted octanol–water partition coefficient (Wildman–Crippen LogP) is 3.74. The summed E-state index contributed by atoms with van der Waals surface area (Å²) < 4.78 is 0. The Hall–Kier alpha value is -2.43. The number of hydrogen-bond donors (Lipinski definition) is 1. The van der Waals surface area contributed by atoms with Crippen LogP contribution in [0.4, 0.5) is 5.95 Å². The van der Waals surface area contributed by atoms with Crippen LogP contribution in [0.15, 0.2) is 42.6 Å². The summed E-state index contributed by atoms with van der Waals surface area (Å²) in [5.41, 5.74) is 1.52. The lowest BCUT2D eigenvalue weighted by molar-refractivity contribution is 0.0684. The minimum Gasteiger partial charge on any atom is -0.352 e. The van der Waals surface area contributed by atoms with Crippen molar-refractivity contribution in [2.45, 2.75) is 52.7 Å². The Balaban J connectivity index is 2.19. The Morgan fingerprint density at radius 3 is 2.50 bits per heavy atom. The minimum absolute atomic E-state index is 0.0801. The molecule has 1 amide bonds. The van der Waals surface area contributed by atoms with Gasteiger partial charge in [0.15, 0.2) is 0 Å². The van der Waals surface area contributed by atoms with E-state index >= 15 is 0 Å². The van der Waals surface area contributed by atoms with Crippen LogP contribution < -0.4 is 5.32 Å². The molecule has 0 spiro atoms. The molecule has 5 nitrogen and oxygen atoms in total. The first-order valence-electron chi connectivity index (χ1n) is 8.45. The standard InChI is InChI=1S/C19H26N4O/c1-5-15(4)21-19-20-12-11-17(22-19)18(24)23(14(2)3)13-16-9-7-6-8-10-16/h6-12,14-15H,5,13H2,1-4H3,(H,20,21,22). The number of anilines is 1. The first-order chi connectivity index (χ1) is 11.5. The van der Waals surface area contributed by atoms with Gasteiger partial charge in [0.25, 0.3) is 5.91 Å². The lowest BCUT2D eigenvalue weighted by Gasteiger charge is -2.26. The fourth-order valence-electron chi connectivity index (χ4n) is 2.29. The number of benzene rings is 1. The number of hydrogen-bond acceptors (Lipinski definition) is 4. The van der Waals surface area contributed by atoms with Crippen LogP contribution in [0.2, 0.25) is 0 Å². The highest BCUT2D eigenvalue weighted by molar-refractivity contribution is 5.92. The van der Waals surface area contributed by atoms with Gasteiger partial charge in [-0.3, -0.25) is 4.79 Å². The maximum Gasteiger partial charge on any atom is 0.273 e. The molecule has 1 N–H and O–H groups in total. The molecule has 2 rings (SSSR count). The molecule has 128 valence electrons. The fourth-order valence-corrected chi connectivity index (χ4v) is 2.29. The van der Waals surface area contributed by atoms with E-state index in [0.717, 1.165) is 12.0 Å². The monoisotopic (exact) mass is 326 g/mol. The average molecular weight is 326 g/mol. The summed E-state index contributed by atoms with van der Waals surface area (Å²) in [5.74, 6) is 0.419. The van der Waals surface area contributed by atoms with Crippen LogP contribution in [0.1, 0.15) is 50.2 Å². The van der Waals surface area contributed by atoms with E-state index in [-0.39, 0.29) is 18.0 Å². The molecule has 0 aliphatic carbocycles. The highest BCUT2D eigenvalue weighted by Crippen LogP contribution is 2.13. The number of carbonyl (C=O) groups excluding carboxylic acids is 1. The van der Waals surface area contributed by atoms with E-state index in [1.807, 2.05) is 49.1 Å². The molecule has 0 radical (unpaired) electrons. The molecule has 2 aromatic rings. The number of carbonyl (C=O) groups is 1. The van der Waals surface area contributed by atoms with Crippen molar-refractivity contribution in [1.82, 2.24) is 14.9 Å². The van der Waals surface area contributed by atoms with E-state index in [0.29, 0.717) is 18.2 Å². The van der Waals surface area contributed by atoms with Gasteiger partial charge in [0.2, 0.25) is 5.95 Å². The Morgan fingerprint density at radius 2 is 1.88 bits per heavy atom. The second kappa shape index (κ2) is 8.43. The third-order valence-corrected chi connectivity index (χ3v) is 3.94. The quantitative estimate of drug-likeness (QED) is 0.842. The molecule has 1 atom stereocenters. The third-order valence-electron chi connectivity index (χ3n) is 3.94. The van der Waals surface area contributed by atoms with Gasteiger partial charge in [-0.25, -0.2) is 9.97 Å².